The Morgan fingerprint density at radius 1 is 1.00 bits per heavy atom. The van der Waals surface area contributed by atoms with Crippen molar-refractivity contribution in [3.63, 3.8) is 0 Å². The molecule has 15 heteroatoms. The Kier molecular flexibility index (Phi) is 11.7. The van der Waals surface area contributed by atoms with Crippen LogP contribution in [0.25, 0.3) is 0 Å². The largest absolute Gasteiger partial charge is 0.368 e. The molecule has 2 amide bonds. The van der Waals surface area contributed by atoms with Crippen molar-refractivity contribution < 1.29 is 29.0 Å². The summed E-state index contributed by atoms with van der Waals surface area (Å²) in [5.41, 5.74) is 1.66. The number of aromatic nitrogens is 4. The van der Waals surface area contributed by atoms with Crippen molar-refractivity contribution in [1.29, 1.82) is 0 Å². The van der Waals surface area contributed by atoms with Crippen molar-refractivity contribution in [2.45, 2.75) is 88.5 Å². The summed E-state index contributed by atoms with van der Waals surface area (Å²) in [6.45, 7) is 10.3. The van der Waals surface area contributed by atoms with Crippen LogP contribution in [-0.2, 0) is 23.9 Å². The van der Waals surface area contributed by atoms with Crippen molar-refractivity contribution in [2.24, 2.45) is 5.92 Å². The van der Waals surface area contributed by atoms with Gasteiger partial charge >= 0.3 is 0 Å². The summed E-state index contributed by atoms with van der Waals surface area (Å²) in [6, 6.07) is 11.4. The number of anilines is 4. The molecule has 2 fully saturated rings. The number of H-pyrrole nitrogens is 1. The zero-order chi connectivity index (χ0) is 34.4. The molecule has 2 aliphatic rings. The zero-order valence-electron chi connectivity index (χ0n) is 27.9. The molecule has 258 valence electrons. The Bertz CT molecular complexity index is 1570. The van der Waals surface area contributed by atoms with Gasteiger partial charge in [-0.2, -0.15) is 5.10 Å². The number of ketones is 1. The van der Waals surface area contributed by atoms with Gasteiger partial charge in [0.15, 0.2) is 23.0 Å². The number of amides is 2. The maximum Gasteiger partial charge on any atom is 0.251 e. The number of Topliss-reactive ketones (excluding diaryl/α,β-unsaturated/α-hetero) is 1. The van der Waals surface area contributed by atoms with E-state index in [2.05, 4.69) is 25.7 Å². The third kappa shape index (κ3) is 9.52. The van der Waals surface area contributed by atoms with Crippen LogP contribution in [0.15, 0.2) is 46.5 Å². The van der Waals surface area contributed by atoms with E-state index in [-0.39, 0.29) is 23.5 Å². The molecule has 3 unspecified atom stereocenters. The molecule has 0 bridgehead atoms. The number of piperazine rings is 1. The van der Waals surface area contributed by atoms with Crippen LogP contribution in [0.3, 0.4) is 0 Å². The Hall–Kier alpha value is -4.05. The number of rotatable bonds is 15. The van der Waals surface area contributed by atoms with Crippen LogP contribution in [0.4, 0.5) is 23.1 Å². The first-order chi connectivity index (χ1) is 23.0. The monoisotopic (exact) mass is 680 g/mol. The van der Waals surface area contributed by atoms with Crippen molar-refractivity contribution in [3.05, 3.63) is 42.1 Å². The zero-order valence-corrected chi connectivity index (χ0v) is 28.7. The normalized spacial score (nSPS) is 17.4. The highest BCUT2D eigenvalue weighted by Gasteiger charge is 2.32. The van der Waals surface area contributed by atoms with Gasteiger partial charge in [0, 0.05) is 60.5 Å². The number of carbonyl (C=O) groups is 3. The number of nitrogens with one attached hydrogen (secondary N) is 3. The third-order valence-corrected chi connectivity index (χ3v) is 8.94. The second-order valence-electron chi connectivity index (χ2n) is 12.1. The summed E-state index contributed by atoms with van der Waals surface area (Å²) in [5.74, 6) is 1.59. The fourth-order valence-corrected chi connectivity index (χ4v) is 6.06. The average Bonchev–Trinajstić information content (AvgIpc) is 3.85. The Morgan fingerprint density at radius 2 is 1.69 bits per heavy atom. The molecule has 4 N–H and O–H groups in total. The number of ether oxygens (including phenoxy) is 2. The average molecular weight is 681 g/mol. The lowest BCUT2D eigenvalue weighted by Crippen LogP contribution is -2.52. The smallest absolute Gasteiger partial charge is 0.251 e. The number of benzene rings is 1. The van der Waals surface area contributed by atoms with Crippen LogP contribution in [-0.4, -0.2) is 98.6 Å². The number of aryl methyl sites for hydroxylation is 1. The molecule has 1 saturated carbocycles. The standard InChI is InChI=1S/C33H44N8O6S/c1-6-26(47-21(4)30(43)20(3)46-22(5)42)32(45)41-15-13-40(14-16-41)29-18-27(35-28-17-19(2)38-39-28)36-33(37-29)48-25-11-9-24(10-12-25)34-31(44)23-7-8-23/h9-12,17-18,20-23,26,42H,6-8,13-16H2,1-5H3,(H,34,44)(H2,35,36,37,38,39)/t20?,21?,22?,26-/m1/s1. The van der Waals surface area contributed by atoms with E-state index >= 15 is 0 Å². The van der Waals surface area contributed by atoms with Crippen molar-refractivity contribution in [3.8, 4) is 0 Å². The number of hydrogen-bond donors (Lipinski definition) is 4. The number of aliphatic hydroxyl groups is 1. The summed E-state index contributed by atoms with van der Waals surface area (Å²) in [6.07, 6.45) is -1.29. The second kappa shape index (κ2) is 15.9. The molecule has 0 spiro atoms. The van der Waals surface area contributed by atoms with Gasteiger partial charge in [0.1, 0.15) is 29.9 Å². The summed E-state index contributed by atoms with van der Waals surface area (Å²) < 4.78 is 11.1. The molecule has 1 saturated heterocycles. The van der Waals surface area contributed by atoms with Crippen LogP contribution in [0.2, 0.25) is 0 Å². The molecule has 1 aliphatic heterocycles. The first-order valence-electron chi connectivity index (χ1n) is 16.3. The van der Waals surface area contributed by atoms with Gasteiger partial charge in [0.25, 0.3) is 5.91 Å². The Morgan fingerprint density at radius 3 is 2.29 bits per heavy atom. The van der Waals surface area contributed by atoms with Crippen molar-refractivity contribution in [1.82, 2.24) is 25.1 Å². The van der Waals surface area contributed by atoms with Crippen LogP contribution in [0, 0.1) is 12.8 Å². The lowest BCUT2D eigenvalue weighted by Gasteiger charge is -2.37. The minimum atomic E-state index is -1.08. The van der Waals surface area contributed by atoms with E-state index in [1.807, 2.05) is 50.2 Å². The minimum Gasteiger partial charge on any atom is -0.368 e. The highest BCUT2D eigenvalue weighted by molar-refractivity contribution is 7.99. The van der Waals surface area contributed by atoms with E-state index in [1.54, 1.807) is 18.7 Å². The van der Waals surface area contributed by atoms with E-state index in [0.29, 0.717) is 55.2 Å². The van der Waals surface area contributed by atoms with E-state index in [9.17, 15) is 19.5 Å². The minimum absolute atomic E-state index is 0.0635. The summed E-state index contributed by atoms with van der Waals surface area (Å²) >= 11 is 1.41. The maximum absolute atomic E-state index is 13.4. The molecular formula is C33H44N8O6S. The van der Waals surface area contributed by atoms with Crippen molar-refractivity contribution >= 4 is 52.5 Å². The molecule has 0 radical (unpaired) electrons. The van der Waals surface area contributed by atoms with Gasteiger partial charge in [-0.3, -0.25) is 19.5 Å². The lowest BCUT2D eigenvalue weighted by molar-refractivity contribution is -0.166. The van der Waals surface area contributed by atoms with Gasteiger partial charge in [-0.15, -0.1) is 0 Å². The molecular weight excluding hydrogens is 636 g/mol. The van der Waals surface area contributed by atoms with Crippen LogP contribution in [0.5, 0.6) is 0 Å². The van der Waals surface area contributed by atoms with Crippen molar-refractivity contribution in [2.75, 3.05) is 41.7 Å². The molecule has 2 aromatic heterocycles. The Balaban J connectivity index is 1.24. The first-order valence-corrected chi connectivity index (χ1v) is 17.1. The van der Waals surface area contributed by atoms with Gasteiger partial charge in [0.2, 0.25) is 5.91 Å². The van der Waals surface area contributed by atoms with E-state index in [0.717, 1.165) is 29.1 Å². The molecule has 1 aromatic carbocycles. The number of carbonyl (C=O) groups excluding carboxylic acids is 3. The maximum atomic E-state index is 13.4. The lowest BCUT2D eigenvalue weighted by atomic mass is 10.1. The molecule has 1 aliphatic carbocycles. The highest BCUT2D eigenvalue weighted by Crippen LogP contribution is 2.32. The van der Waals surface area contributed by atoms with Gasteiger partial charge in [-0.05, 0) is 83.0 Å². The van der Waals surface area contributed by atoms with Gasteiger partial charge in [-0.25, -0.2) is 9.97 Å². The van der Waals surface area contributed by atoms with Crippen LogP contribution in [0.1, 0.15) is 52.7 Å². The molecule has 14 nitrogen and oxygen atoms in total. The predicted octanol–water partition coefficient (Wildman–Crippen LogP) is 3.90. The van der Waals surface area contributed by atoms with Gasteiger partial charge < -0.3 is 35.0 Å². The van der Waals surface area contributed by atoms with E-state index < -0.39 is 24.6 Å². The highest BCUT2D eigenvalue weighted by atomic mass is 32.2. The SMILES string of the molecule is CC[C@@H](OC(C)C(=O)C(C)OC(C)O)C(=O)N1CCN(c2cc(Nc3cc(C)[nH]n3)nc(Sc3ccc(NC(=O)C4CC4)cc3)n2)CC1. The third-order valence-electron chi connectivity index (χ3n) is 8.07. The van der Waals surface area contributed by atoms with Gasteiger partial charge in [0.05, 0.1) is 0 Å². The molecule has 4 atom stereocenters. The first kappa shape index (κ1) is 35.3. The predicted molar refractivity (Wildman–Crippen MR) is 181 cm³/mol. The topological polar surface area (TPSA) is 175 Å². The Labute approximate surface area is 284 Å². The molecule has 48 heavy (non-hydrogen) atoms. The number of hydrogen-bond acceptors (Lipinski definition) is 12. The number of aliphatic hydroxyl groups excluding tert-OH is 1. The number of aromatic amines is 1. The fraction of sp³-hybridized carbons (Fsp3) is 0.515. The van der Waals surface area contributed by atoms with E-state index in [1.165, 1.54) is 18.7 Å². The fourth-order valence-electron chi connectivity index (χ4n) is 5.29. The second-order valence-corrected chi connectivity index (χ2v) is 13.2. The summed E-state index contributed by atoms with van der Waals surface area (Å²) in [7, 11) is 0. The molecule has 3 heterocycles. The van der Waals surface area contributed by atoms with Gasteiger partial charge in [-0.1, -0.05) is 6.92 Å². The van der Waals surface area contributed by atoms with E-state index in [4.69, 9.17) is 19.4 Å². The number of nitrogens with zero attached hydrogens (tertiary/aromatic N) is 5. The quantitative estimate of drug-likeness (QED) is 0.135. The van der Waals surface area contributed by atoms with Crippen LogP contribution < -0.4 is 15.5 Å². The molecule has 5 rings (SSSR count). The summed E-state index contributed by atoms with van der Waals surface area (Å²) in [5, 5.41) is 23.4. The summed E-state index contributed by atoms with van der Waals surface area (Å²) in [4.78, 5) is 52.6. The molecule has 3 aromatic rings. The van der Waals surface area contributed by atoms with Crippen LogP contribution >= 0.6 is 11.8 Å².